The molecule has 1 aromatic heterocycles. The average molecular weight is 457 g/mol. The lowest BCUT2D eigenvalue weighted by atomic mass is 9.70. The van der Waals surface area contributed by atoms with E-state index >= 15 is 0 Å². The summed E-state index contributed by atoms with van der Waals surface area (Å²) in [4.78, 5) is 11.7. The van der Waals surface area contributed by atoms with Crippen molar-refractivity contribution in [2.45, 2.75) is 111 Å². The molecule has 3 heteroatoms. The first-order valence-electron chi connectivity index (χ1n) is 12.7. The van der Waals surface area contributed by atoms with Crippen LogP contribution in [0.4, 0.5) is 0 Å². The number of carbonyl (C=O) groups is 1. The Morgan fingerprint density at radius 2 is 1.78 bits per heavy atom. The SMILES string of the molecule is CCCCCCC/C=C(\C)C(C)(CCCCCC(=O)OCC)c1ccc2sccc2c1C. The molecular formula is C29H44O2S. The van der Waals surface area contributed by atoms with Crippen LogP contribution in [-0.4, -0.2) is 12.6 Å². The molecule has 0 bridgehead atoms. The second-order valence-corrected chi connectivity index (χ2v) is 10.3. The van der Waals surface area contributed by atoms with Crippen LogP contribution in [0.1, 0.15) is 109 Å². The van der Waals surface area contributed by atoms with Crippen molar-refractivity contribution < 1.29 is 9.53 Å². The number of hydrogen-bond acceptors (Lipinski definition) is 3. The summed E-state index contributed by atoms with van der Waals surface area (Å²) in [6.07, 6.45) is 15.1. The molecule has 0 spiro atoms. The van der Waals surface area contributed by atoms with Crippen molar-refractivity contribution in [2.24, 2.45) is 0 Å². The number of thiophene rings is 1. The molecule has 178 valence electrons. The van der Waals surface area contributed by atoms with Crippen LogP contribution in [0.15, 0.2) is 35.2 Å². The fourth-order valence-electron chi connectivity index (χ4n) is 4.78. The molecule has 1 heterocycles. The van der Waals surface area contributed by atoms with E-state index < -0.39 is 0 Å². The van der Waals surface area contributed by atoms with Crippen LogP contribution in [0.25, 0.3) is 10.1 Å². The summed E-state index contributed by atoms with van der Waals surface area (Å²) < 4.78 is 6.45. The Labute approximate surface area is 200 Å². The predicted octanol–water partition coefficient (Wildman–Crippen LogP) is 9.29. The molecule has 0 aliphatic rings. The number of esters is 1. The number of hydrogen-bond donors (Lipinski definition) is 0. The lowest BCUT2D eigenvalue weighted by Crippen LogP contribution is -2.25. The molecule has 0 aliphatic heterocycles. The van der Waals surface area contributed by atoms with Crippen molar-refractivity contribution in [1.82, 2.24) is 0 Å². The van der Waals surface area contributed by atoms with Gasteiger partial charge in [0.2, 0.25) is 0 Å². The van der Waals surface area contributed by atoms with Gasteiger partial charge in [-0.25, -0.2) is 0 Å². The lowest BCUT2D eigenvalue weighted by Gasteiger charge is -2.34. The van der Waals surface area contributed by atoms with Gasteiger partial charge in [0.15, 0.2) is 0 Å². The molecule has 0 amide bonds. The molecular weight excluding hydrogens is 412 g/mol. The number of carbonyl (C=O) groups excluding carboxylic acids is 1. The van der Waals surface area contributed by atoms with Gasteiger partial charge in [-0.2, -0.15) is 0 Å². The average Bonchev–Trinajstić information content (AvgIpc) is 3.26. The topological polar surface area (TPSA) is 26.3 Å². The maximum Gasteiger partial charge on any atom is 0.305 e. The minimum absolute atomic E-state index is 0.0353. The smallest absolute Gasteiger partial charge is 0.305 e. The highest BCUT2D eigenvalue weighted by atomic mass is 32.1. The molecule has 0 radical (unpaired) electrons. The summed E-state index contributed by atoms with van der Waals surface area (Å²) in [6.45, 7) is 11.7. The van der Waals surface area contributed by atoms with E-state index in [-0.39, 0.29) is 11.4 Å². The van der Waals surface area contributed by atoms with Crippen molar-refractivity contribution in [3.8, 4) is 0 Å². The summed E-state index contributed by atoms with van der Waals surface area (Å²) >= 11 is 1.83. The van der Waals surface area contributed by atoms with E-state index in [1.165, 1.54) is 65.3 Å². The fraction of sp³-hybridized carbons (Fsp3) is 0.621. The maximum atomic E-state index is 11.7. The molecule has 1 unspecified atom stereocenters. The second kappa shape index (κ2) is 13.8. The molecule has 2 aromatic rings. The van der Waals surface area contributed by atoms with E-state index in [4.69, 9.17) is 4.74 Å². The van der Waals surface area contributed by atoms with Gasteiger partial charge in [-0.3, -0.25) is 4.79 Å². The van der Waals surface area contributed by atoms with Crippen LogP contribution >= 0.6 is 11.3 Å². The highest BCUT2D eigenvalue weighted by Gasteiger charge is 2.30. The maximum absolute atomic E-state index is 11.7. The van der Waals surface area contributed by atoms with Crippen molar-refractivity contribution in [2.75, 3.05) is 6.61 Å². The van der Waals surface area contributed by atoms with Crippen molar-refractivity contribution in [3.05, 3.63) is 46.4 Å². The fourth-order valence-corrected chi connectivity index (χ4v) is 5.63. The van der Waals surface area contributed by atoms with Crippen molar-refractivity contribution in [1.29, 1.82) is 0 Å². The first kappa shape index (κ1) is 26.6. The molecule has 0 N–H and O–H groups in total. The normalized spacial score (nSPS) is 14.0. The Balaban J connectivity index is 2.12. The number of ether oxygens (including phenoxy) is 1. The summed E-state index contributed by atoms with van der Waals surface area (Å²) in [6, 6.07) is 6.94. The molecule has 2 nitrogen and oxygen atoms in total. The van der Waals surface area contributed by atoms with Gasteiger partial charge >= 0.3 is 5.97 Å². The van der Waals surface area contributed by atoms with Gasteiger partial charge in [0.25, 0.3) is 0 Å². The van der Waals surface area contributed by atoms with Crippen LogP contribution < -0.4 is 0 Å². The highest BCUT2D eigenvalue weighted by Crippen LogP contribution is 2.41. The first-order chi connectivity index (χ1) is 15.4. The Morgan fingerprint density at radius 1 is 1.03 bits per heavy atom. The van der Waals surface area contributed by atoms with Crippen molar-refractivity contribution >= 4 is 27.4 Å². The van der Waals surface area contributed by atoms with E-state index in [1.807, 2.05) is 18.3 Å². The zero-order valence-corrected chi connectivity index (χ0v) is 21.9. The Hall–Kier alpha value is -1.61. The van der Waals surface area contributed by atoms with E-state index in [2.05, 4.69) is 57.4 Å². The summed E-state index contributed by atoms with van der Waals surface area (Å²) in [5, 5.41) is 3.60. The van der Waals surface area contributed by atoms with Crippen LogP contribution in [-0.2, 0) is 14.9 Å². The largest absolute Gasteiger partial charge is 0.466 e. The number of benzene rings is 1. The molecule has 0 saturated carbocycles. The summed E-state index contributed by atoms with van der Waals surface area (Å²) in [5.41, 5.74) is 4.42. The molecule has 2 rings (SSSR count). The van der Waals surface area contributed by atoms with Crippen LogP contribution in [0.2, 0.25) is 0 Å². The van der Waals surface area contributed by atoms with E-state index in [1.54, 1.807) is 0 Å². The van der Waals surface area contributed by atoms with Crippen molar-refractivity contribution in [3.63, 3.8) is 0 Å². The number of fused-ring (bicyclic) bond motifs is 1. The lowest BCUT2D eigenvalue weighted by molar-refractivity contribution is -0.143. The quantitative estimate of drug-likeness (QED) is 0.152. The third-order valence-corrected chi connectivity index (χ3v) is 7.87. The second-order valence-electron chi connectivity index (χ2n) is 9.36. The molecule has 0 aliphatic carbocycles. The third-order valence-electron chi connectivity index (χ3n) is 6.99. The summed E-state index contributed by atoms with van der Waals surface area (Å²) in [7, 11) is 0. The Kier molecular flexibility index (Phi) is 11.5. The van der Waals surface area contributed by atoms with Gasteiger partial charge in [0.05, 0.1) is 6.61 Å². The van der Waals surface area contributed by atoms with Crippen LogP contribution in [0, 0.1) is 6.92 Å². The summed E-state index contributed by atoms with van der Waals surface area (Å²) in [5.74, 6) is -0.0619. The zero-order valence-electron chi connectivity index (χ0n) is 21.1. The van der Waals surface area contributed by atoms with E-state index in [9.17, 15) is 4.79 Å². The monoisotopic (exact) mass is 456 g/mol. The zero-order chi connectivity index (χ0) is 23.4. The van der Waals surface area contributed by atoms with Gasteiger partial charge in [0.1, 0.15) is 0 Å². The number of rotatable bonds is 15. The van der Waals surface area contributed by atoms with Gasteiger partial charge in [-0.1, -0.05) is 70.1 Å². The van der Waals surface area contributed by atoms with Crippen LogP contribution in [0.3, 0.4) is 0 Å². The number of allylic oxidation sites excluding steroid dienone is 2. The van der Waals surface area contributed by atoms with Gasteiger partial charge < -0.3 is 4.74 Å². The number of aryl methyl sites for hydroxylation is 1. The molecule has 0 fully saturated rings. The minimum atomic E-state index is -0.0619. The molecule has 1 atom stereocenters. The highest BCUT2D eigenvalue weighted by molar-refractivity contribution is 7.17. The van der Waals surface area contributed by atoms with Gasteiger partial charge in [-0.05, 0) is 80.5 Å². The Morgan fingerprint density at radius 3 is 2.53 bits per heavy atom. The molecule has 1 aromatic carbocycles. The Bertz CT molecular complexity index is 863. The van der Waals surface area contributed by atoms with Crippen LogP contribution in [0.5, 0.6) is 0 Å². The van der Waals surface area contributed by atoms with Gasteiger partial charge in [0, 0.05) is 16.5 Å². The predicted molar refractivity (Wildman–Crippen MR) is 141 cm³/mol. The standard InChI is InChI=1S/C29H44O2S/c1-6-8-9-10-11-13-16-23(3)29(5,21-15-12-14-17-28(30)31-7-2)26-18-19-27-25(24(26)4)20-22-32-27/h16,18-20,22H,6-15,17,21H2,1-5H3/b23-16+. The molecule has 0 saturated heterocycles. The number of unbranched alkanes of at least 4 members (excludes halogenated alkanes) is 7. The third kappa shape index (κ3) is 7.47. The molecule has 32 heavy (non-hydrogen) atoms. The van der Waals surface area contributed by atoms with Gasteiger partial charge in [-0.15, -0.1) is 11.3 Å². The minimum Gasteiger partial charge on any atom is -0.466 e. The van der Waals surface area contributed by atoms with E-state index in [0.717, 1.165) is 25.7 Å². The van der Waals surface area contributed by atoms with E-state index in [0.29, 0.717) is 13.0 Å². The first-order valence-corrected chi connectivity index (χ1v) is 13.6.